The van der Waals surface area contributed by atoms with E-state index in [9.17, 15) is 0 Å². The summed E-state index contributed by atoms with van der Waals surface area (Å²) in [7, 11) is 0. The molecule has 1 nitrogen and oxygen atoms in total. The van der Waals surface area contributed by atoms with Crippen molar-refractivity contribution in [2.45, 2.75) is 38.6 Å². The predicted octanol–water partition coefficient (Wildman–Crippen LogP) is 5.42. The highest BCUT2D eigenvalue weighted by Crippen LogP contribution is 2.45. The molecule has 120 valence electrons. The van der Waals surface area contributed by atoms with E-state index in [1.54, 1.807) is 0 Å². The van der Waals surface area contributed by atoms with Crippen LogP contribution < -0.4 is 4.57 Å². The van der Waals surface area contributed by atoms with E-state index >= 15 is 0 Å². The molecule has 1 aliphatic rings. The minimum atomic E-state index is 0.0592. The first kappa shape index (κ1) is 15.1. The number of pyridine rings is 1. The van der Waals surface area contributed by atoms with Gasteiger partial charge in [-0.25, -0.2) is 0 Å². The Hall–Kier alpha value is -2.41. The lowest BCUT2D eigenvalue weighted by Gasteiger charge is -2.33. The van der Waals surface area contributed by atoms with Crippen molar-refractivity contribution >= 4 is 10.8 Å². The largest absolute Gasteiger partial charge is 0.220 e. The van der Waals surface area contributed by atoms with Crippen LogP contribution in [0, 0.1) is 0 Å². The quantitative estimate of drug-likeness (QED) is 0.439. The Balaban J connectivity index is 2.12. The summed E-state index contributed by atoms with van der Waals surface area (Å²) < 4.78 is 2.43. The van der Waals surface area contributed by atoms with Crippen LogP contribution >= 0.6 is 0 Å². The third-order valence-electron chi connectivity index (χ3n) is 5.83. The fraction of sp³-hybridized carbons (Fsp3) is 0.261. The number of aryl methyl sites for hydroxylation is 1. The van der Waals surface area contributed by atoms with Gasteiger partial charge in [0.05, 0.1) is 10.9 Å². The lowest BCUT2D eigenvalue weighted by molar-refractivity contribution is -0.685. The van der Waals surface area contributed by atoms with Crippen molar-refractivity contribution in [1.29, 1.82) is 0 Å². The molecular formula is C23H24N+. The molecule has 1 aromatic heterocycles. The number of hydrogen-bond donors (Lipinski definition) is 0. The van der Waals surface area contributed by atoms with Gasteiger partial charge in [-0.2, -0.15) is 4.57 Å². The maximum Gasteiger partial charge on any atom is 0.220 e. The zero-order valence-corrected chi connectivity index (χ0v) is 14.5. The van der Waals surface area contributed by atoms with Crippen LogP contribution in [0.3, 0.4) is 0 Å². The topological polar surface area (TPSA) is 3.88 Å². The van der Waals surface area contributed by atoms with Gasteiger partial charge in [0.2, 0.25) is 5.69 Å². The van der Waals surface area contributed by atoms with Crippen LogP contribution in [0.5, 0.6) is 0 Å². The lowest BCUT2D eigenvalue weighted by Crippen LogP contribution is -2.37. The second kappa shape index (κ2) is 5.59. The molecule has 0 saturated heterocycles. The van der Waals surface area contributed by atoms with Gasteiger partial charge in [0, 0.05) is 17.9 Å². The molecule has 0 spiro atoms. The van der Waals surface area contributed by atoms with Crippen molar-refractivity contribution < 1.29 is 4.57 Å². The summed E-state index contributed by atoms with van der Waals surface area (Å²) in [6, 6.07) is 19.9. The number of hydrogen-bond acceptors (Lipinski definition) is 0. The van der Waals surface area contributed by atoms with E-state index < -0.39 is 0 Å². The molecule has 1 atom stereocenters. The van der Waals surface area contributed by atoms with Gasteiger partial charge in [-0.3, -0.25) is 0 Å². The molecule has 1 aliphatic heterocycles. The summed E-state index contributed by atoms with van der Waals surface area (Å²) in [6.07, 6.45) is 4.44. The van der Waals surface area contributed by atoms with Crippen molar-refractivity contribution in [3.05, 3.63) is 78.5 Å². The van der Waals surface area contributed by atoms with Gasteiger partial charge >= 0.3 is 0 Å². The Kier molecular flexibility index (Phi) is 3.53. The molecule has 0 bridgehead atoms. The van der Waals surface area contributed by atoms with Crippen molar-refractivity contribution in [2.24, 2.45) is 0 Å². The smallest absolute Gasteiger partial charge is 0.198 e. The second-order valence-electron chi connectivity index (χ2n) is 6.96. The third kappa shape index (κ3) is 2.04. The Morgan fingerprint density at radius 3 is 2.62 bits per heavy atom. The molecule has 1 heteroatoms. The summed E-state index contributed by atoms with van der Waals surface area (Å²) >= 11 is 0. The zero-order chi connectivity index (χ0) is 16.7. The highest BCUT2D eigenvalue weighted by molar-refractivity contribution is 5.93. The average molecular weight is 314 g/mol. The first-order valence-electron chi connectivity index (χ1n) is 8.84. The summed E-state index contributed by atoms with van der Waals surface area (Å²) in [6.45, 7) is 9.89. The molecule has 0 fully saturated rings. The van der Waals surface area contributed by atoms with Gasteiger partial charge in [0.15, 0.2) is 6.20 Å². The molecule has 0 radical (unpaired) electrons. The number of benzene rings is 2. The van der Waals surface area contributed by atoms with E-state index in [0.717, 1.165) is 19.4 Å². The standard InChI is InChI=1S/C23H24N/c1-4-23(17(2)3)14-16-24-15-13-18-9-5-6-10-19(18)22(24)20-11-7-8-12-21(20)23/h5-13,15H,2,4,14,16H2,1,3H3/q+1. The third-order valence-corrected chi connectivity index (χ3v) is 5.83. The van der Waals surface area contributed by atoms with Crippen LogP contribution in [0.1, 0.15) is 32.3 Å². The number of nitrogens with zero attached hydrogens (tertiary/aromatic N) is 1. The van der Waals surface area contributed by atoms with Crippen molar-refractivity contribution in [3.8, 4) is 11.3 Å². The molecule has 4 rings (SSSR count). The number of fused-ring (bicyclic) bond motifs is 5. The van der Waals surface area contributed by atoms with Gasteiger partial charge in [-0.1, -0.05) is 55.5 Å². The Morgan fingerprint density at radius 2 is 1.83 bits per heavy atom. The first-order chi connectivity index (χ1) is 11.7. The normalized spacial score (nSPS) is 19.4. The fourth-order valence-electron chi connectivity index (χ4n) is 4.41. The van der Waals surface area contributed by atoms with E-state index in [0.29, 0.717) is 0 Å². The number of rotatable bonds is 2. The summed E-state index contributed by atoms with van der Waals surface area (Å²) in [5.41, 5.74) is 5.47. The van der Waals surface area contributed by atoms with Crippen LogP contribution in [0.15, 0.2) is 72.9 Å². The molecule has 0 N–H and O–H groups in total. The fourth-order valence-corrected chi connectivity index (χ4v) is 4.41. The van der Waals surface area contributed by atoms with Gasteiger partial charge in [0.1, 0.15) is 6.54 Å². The Morgan fingerprint density at radius 1 is 1.08 bits per heavy atom. The SMILES string of the molecule is C=C(C)C1(CC)CC[n+]2ccc3ccccc3c2-c2ccccc21. The van der Waals surface area contributed by atoms with Crippen LogP contribution in [-0.4, -0.2) is 0 Å². The molecule has 0 aliphatic carbocycles. The minimum absolute atomic E-state index is 0.0592. The highest BCUT2D eigenvalue weighted by Gasteiger charge is 2.39. The molecule has 0 saturated carbocycles. The molecule has 0 amide bonds. The molecule has 2 aromatic carbocycles. The zero-order valence-electron chi connectivity index (χ0n) is 14.5. The van der Waals surface area contributed by atoms with Gasteiger partial charge < -0.3 is 0 Å². The van der Waals surface area contributed by atoms with E-state index in [-0.39, 0.29) is 5.41 Å². The van der Waals surface area contributed by atoms with Crippen LogP contribution in [0.4, 0.5) is 0 Å². The molecule has 1 unspecified atom stereocenters. The van der Waals surface area contributed by atoms with E-state index in [4.69, 9.17) is 0 Å². The maximum absolute atomic E-state index is 4.38. The summed E-state index contributed by atoms with van der Waals surface area (Å²) in [5.74, 6) is 0. The van der Waals surface area contributed by atoms with Crippen molar-refractivity contribution in [3.63, 3.8) is 0 Å². The molecule has 3 aromatic rings. The minimum Gasteiger partial charge on any atom is -0.198 e. The molecular weight excluding hydrogens is 290 g/mol. The lowest BCUT2D eigenvalue weighted by atomic mass is 9.69. The van der Waals surface area contributed by atoms with Crippen molar-refractivity contribution in [1.82, 2.24) is 0 Å². The monoisotopic (exact) mass is 314 g/mol. The Labute approximate surface area is 144 Å². The molecule has 24 heavy (non-hydrogen) atoms. The predicted molar refractivity (Wildman–Crippen MR) is 101 cm³/mol. The number of aromatic nitrogens is 1. The maximum atomic E-state index is 4.38. The summed E-state index contributed by atoms with van der Waals surface area (Å²) in [5, 5.41) is 2.64. The number of allylic oxidation sites excluding steroid dienone is 1. The van der Waals surface area contributed by atoms with Crippen molar-refractivity contribution in [2.75, 3.05) is 0 Å². The van der Waals surface area contributed by atoms with Crippen LogP contribution in [-0.2, 0) is 12.0 Å². The second-order valence-corrected chi connectivity index (χ2v) is 6.96. The van der Waals surface area contributed by atoms with Gasteiger partial charge in [-0.05, 0) is 36.4 Å². The van der Waals surface area contributed by atoms with Gasteiger partial charge in [-0.15, -0.1) is 0 Å². The highest BCUT2D eigenvalue weighted by atomic mass is 15.0. The van der Waals surface area contributed by atoms with Crippen LogP contribution in [0.25, 0.3) is 22.0 Å². The molecule has 2 heterocycles. The Bertz CT molecular complexity index is 938. The first-order valence-corrected chi connectivity index (χ1v) is 8.84. The summed E-state index contributed by atoms with van der Waals surface area (Å²) in [4.78, 5) is 0. The van der Waals surface area contributed by atoms with E-state index in [1.807, 2.05) is 0 Å². The average Bonchev–Trinajstić information content (AvgIpc) is 2.77. The van der Waals surface area contributed by atoms with E-state index in [1.165, 1.54) is 33.2 Å². The van der Waals surface area contributed by atoms with Crippen LogP contribution in [0.2, 0.25) is 0 Å². The van der Waals surface area contributed by atoms with E-state index in [2.05, 4.69) is 85.8 Å². The van der Waals surface area contributed by atoms with Gasteiger partial charge in [0.25, 0.3) is 0 Å².